The highest BCUT2D eigenvalue weighted by atomic mass is 16.5. The summed E-state index contributed by atoms with van der Waals surface area (Å²) in [5, 5.41) is 8.19. The lowest BCUT2D eigenvalue weighted by atomic mass is 10.0. The van der Waals surface area contributed by atoms with Gasteiger partial charge in [-0.2, -0.15) is 0 Å². The number of carbonyl (C=O) groups is 3. The van der Waals surface area contributed by atoms with Gasteiger partial charge in [0.1, 0.15) is 12.4 Å². The lowest BCUT2D eigenvalue weighted by Crippen LogP contribution is -2.36. The second kappa shape index (κ2) is 10.9. The van der Waals surface area contributed by atoms with Crippen LogP contribution >= 0.6 is 0 Å². The van der Waals surface area contributed by atoms with Gasteiger partial charge in [-0.1, -0.05) is 24.3 Å². The molecule has 2 aromatic carbocycles. The number of ketones is 1. The fourth-order valence-corrected chi connectivity index (χ4v) is 4.11. The lowest BCUT2D eigenvalue weighted by Gasteiger charge is -2.22. The molecule has 0 atom stereocenters. The molecular weight excluding hydrogens is 470 g/mol. The average molecular weight is 498 g/mol. The Balaban J connectivity index is 1.70. The first-order chi connectivity index (χ1) is 17.8. The summed E-state index contributed by atoms with van der Waals surface area (Å²) in [6.07, 6.45) is 4.92. The SMILES string of the molecule is CCOC(=O)CN(C(=O)c1cccnc1)c1ccc2c(c1)c(C(=O)Cc1ccc(C(=N)N)cc1)cn2C. The summed E-state index contributed by atoms with van der Waals surface area (Å²) in [5.41, 5.74) is 8.99. The Morgan fingerprint density at radius 1 is 1.08 bits per heavy atom. The van der Waals surface area contributed by atoms with Crippen LogP contribution in [0.3, 0.4) is 0 Å². The minimum Gasteiger partial charge on any atom is -0.465 e. The number of nitrogen functional groups attached to an aromatic ring is 1. The van der Waals surface area contributed by atoms with E-state index in [2.05, 4.69) is 4.98 Å². The molecule has 0 unspecified atom stereocenters. The highest BCUT2D eigenvalue weighted by Gasteiger charge is 2.23. The van der Waals surface area contributed by atoms with E-state index in [1.54, 1.807) is 67.8 Å². The van der Waals surface area contributed by atoms with Crippen molar-refractivity contribution in [2.45, 2.75) is 13.3 Å². The number of hydrogen-bond acceptors (Lipinski definition) is 6. The van der Waals surface area contributed by atoms with Gasteiger partial charge in [-0.05, 0) is 42.8 Å². The molecular formula is C28H27N5O4. The van der Waals surface area contributed by atoms with Crippen LogP contribution in [0.2, 0.25) is 0 Å². The van der Waals surface area contributed by atoms with Crippen LogP contribution in [0.1, 0.15) is 38.8 Å². The molecule has 188 valence electrons. The number of nitrogens with one attached hydrogen (secondary N) is 1. The van der Waals surface area contributed by atoms with E-state index in [9.17, 15) is 14.4 Å². The number of aryl methyl sites for hydroxylation is 1. The van der Waals surface area contributed by atoms with Crippen molar-refractivity contribution >= 4 is 40.1 Å². The van der Waals surface area contributed by atoms with Crippen LogP contribution < -0.4 is 10.6 Å². The molecule has 0 radical (unpaired) electrons. The van der Waals surface area contributed by atoms with Crippen LogP contribution in [0.4, 0.5) is 5.69 Å². The minimum absolute atomic E-state index is 0.0346. The van der Waals surface area contributed by atoms with Gasteiger partial charge in [-0.3, -0.25) is 29.7 Å². The van der Waals surface area contributed by atoms with Crippen LogP contribution in [0.5, 0.6) is 0 Å². The summed E-state index contributed by atoms with van der Waals surface area (Å²) >= 11 is 0. The number of pyridine rings is 1. The third-order valence-electron chi connectivity index (χ3n) is 5.96. The molecule has 0 fully saturated rings. The zero-order chi connectivity index (χ0) is 26.5. The van der Waals surface area contributed by atoms with E-state index >= 15 is 0 Å². The van der Waals surface area contributed by atoms with Crippen molar-refractivity contribution < 1.29 is 19.1 Å². The van der Waals surface area contributed by atoms with Crippen molar-refractivity contribution in [2.75, 3.05) is 18.1 Å². The molecule has 0 bridgehead atoms. The Morgan fingerprint density at radius 3 is 2.49 bits per heavy atom. The molecule has 4 rings (SSSR count). The van der Waals surface area contributed by atoms with Crippen molar-refractivity contribution in [1.82, 2.24) is 9.55 Å². The molecule has 0 aliphatic carbocycles. The zero-order valence-electron chi connectivity index (χ0n) is 20.6. The molecule has 9 heteroatoms. The van der Waals surface area contributed by atoms with E-state index in [1.807, 2.05) is 17.7 Å². The van der Waals surface area contributed by atoms with E-state index < -0.39 is 11.9 Å². The van der Waals surface area contributed by atoms with Crippen molar-refractivity contribution in [3.05, 3.63) is 95.4 Å². The summed E-state index contributed by atoms with van der Waals surface area (Å²) in [7, 11) is 1.84. The first-order valence-corrected chi connectivity index (χ1v) is 11.7. The van der Waals surface area contributed by atoms with Gasteiger partial charge in [0.15, 0.2) is 5.78 Å². The van der Waals surface area contributed by atoms with E-state index in [1.165, 1.54) is 11.1 Å². The third-order valence-corrected chi connectivity index (χ3v) is 5.96. The van der Waals surface area contributed by atoms with E-state index in [0.717, 1.165) is 11.1 Å². The maximum absolute atomic E-state index is 13.3. The van der Waals surface area contributed by atoms with Crippen molar-refractivity contribution in [2.24, 2.45) is 12.8 Å². The molecule has 2 heterocycles. The molecule has 1 amide bonds. The van der Waals surface area contributed by atoms with Gasteiger partial charge in [0.05, 0.1) is 12.2 Å². The van der Waals surface area contributed by atoms with Gasteiger partial charge >= 0.3 is 5.97 Å². The summed E-state index contributed by atoms with van der Waals surface area (Å²) in [4.78, 5) is 44.4. The second-order valence-corrected chi connectivity index (χ2v) is 8.50. The van der Waals surface area contributed by atoms with Crippen molar-refractivity contribution in [3.8, 4) is 0 Å². The standard InChI is InChI=1S/C28H27N5O4/c1-3-37-26(35)17-33(28(36)20-5-4-12-31-15-20)21-10-11-24-22(14-21)23(16-32(24)2)25(34)13-18-6-8-19(9-7-18)27(29)30/h4-12,14-16H,3,13,17H2,1-2H3,(H3,29,30). The summed E-state index contributed by atoms with van der Waals surface area (Å²) < 4.78 is 6.95. The molecule has 2 aromatic heterocycles. The Hall–Kier alpha value is -4.79. The van der Waals surface area contributed by atoms with E-state index in [4.69, 9.17) is 15.9 Å². The fraction of sp³-hybridized carbons (Fsp3) is 0.179. The summed E-state index contributed by atoms with van der Waals surface area (Å²) in [5.74, 6) is -1.09. The maximum Gasteiger partial charge on any atom is 0.326 e. The number of ether oxygens (including phenoxy) is 1. The molecule has 0 spiro atoms. The lowest BCUT2D eigenvalue weighted by molar-refractivity contribution is -0.141. The first kappa shape index (κ1) is 25.3. The van der Waals surface area contributed by atoms with Gasteiger partial charge in [-0.25, -0.2) is 0 Å². The number of carbonyl (C=O) groups excluding carboxylic acids is 3. The number of nitrogens with zero attached hydrogens (tertiary/aromatic N) is 3. The number of anilines is 1. The Kier molecular flexibility index (Phi) is 7.43. The number of Topliss-reactive ketones (excluding diaryl/α,β-unsaturated/α-hetero) is 1. The number of amidine groups is 1. The molecule has 0 saturated heterocycles. The average Bonchev–Trinajstić information content (AvgIpc) is 3.23. The minimum atomic E-state index is -0.543. The van der Waals surface area contributed by atoms with Crippen molar-refractivity contribution in [1.29, 1.82) is 5.41 Å². The van der Waals surface area contributed by atoms with E-state index in [-0.39, 0.29) is 31.2 Å². The van der Waals surface area contributed by atoms with Crippen LogP contribution in [0, 0.1) is 5.41 Å². The monoisotopic (exact) mass is 497 g/mol. The maximum atomic E-state index is 13.3. The van der Waals surface area contributed by atoms with Gasteiger partial charge < -0.3 is 15.0 Å². The Labute approximate surface area is 214 Å². The number of rotatable bonds is 9. The molecule has 3 N–H and O–H groups in total. The predicted molar refractivity (Wildman–Crippen MR) is 141 cm³/mol. The van der Waals surface area contributed by atoms with Crippen LogP contribution in [-0.4, -0.2) is 46.2 Å². The molecule has 4 aromatic rings. The molecule has 9 nitrogen and oxygen atoms in total. The molecule has 37 heavy (non-hydrogen) atoms. The number of benzene rings is 2. The highest BCUT2D eigenvalue weighted by molar-refractivity contribution is 6.12. The largest absolute Gasteiger partial charge is 0.465 e. The second-order valence-electron chi connectivity index (χ2n) is 8.50. The first-order valence-electron chi connectivity index (χ1n) is 11.7. The number of fused-ring (bicyclic) bond motifs is 1. The third kappa shape index (κ3) is 5.56. The number of amides is 1. The summed E-state index contributed by atoms with van der Waals surface area (Å²) in [6, 6.07) is 15.6. The van der Waals surface area contributed by atoms with Crippen LogP contribution in [0.25, 0.3) is 10.9 Å². The molecule has 0 aliphatic heterocycles. The van der Waals surface area contributed by atoms with Crippen LogP contribution in [-0.2, 0) is 23.0 Å². The number of hydrogen-bond donors (Lipinski definition) is 2. The van der Waals surface area contributed by atoms with Crippen molar-refractivity contribution in [3.63, 3.8) is 0 Å². The summed E-state index contributed by atoms with van der Waals surface area (Å²) in [6.45, 7) is 1.61. The Morgan fingerprint density at radius 2 is 1.84 bits per heavy atom. The van der Waals surface area contributed by atoms with Crippen LogP contribution in [0.15, 0.2) is 73.2 Å². The molecule has 0 saturated carbocycles. The predicted octanol–water partition coefficient (Wildman–Crippen LogP) is 3.49. The van der Waals surface area contributed by atoms with Gasteiger partial charge in [0, 0.05) is 59.8 Å². The fourth-order valence-electron chi connectivity index (χ4n) is 4.11. The quantitative estimate of drug-likeness (QED) is 0.157. The number of aromatic nitrogens is 2. The number of esters is 1. The van der Waals surface area contributed by atoms with Gasteiger partial charge in [0.25, 0.3) is 5.91 Å². The van der Waals surface area contributed by atoms with Gasteiger partial charge in [-0.15, -0.1) is 0 Å². The molecule has 0 aliphatic rings. The number of nitrogens with two attached hydrogens (primary N) is 1. The highest BCUT2D eigenvalue weighted by Crippen LogP contribution is 2.28. The smallest absolute Gasteiger partial charge is 0.326 e. The Bertz CT molecular complexity index is 1480. The van der Waals surface area contributed by atoms with E-state index in [0.29, 0.717) is 27.8 Å². The normalized spacial score (nSPS) is 10.8. The zero-order valence-corrected chi connectivity index (χ0v) is 20.6. The topological polar surface area (TPSA) is 131 Å². The van der Waals surface area contributed by atoms with Gasteiger partial charge in [0.2, 0.25) is 0 Å².